The van der Waals surface area contributed by atoms with Crippen molar-refractivity contribution in [2.45, 2.75) is 53.4 Å². The Hall–Kier alpha value is -4.80. The maximum Gasteiger partial charge on any atom is 0.227 e. The van der Waals surface area contributed by atoms with Crippen LogP contribution in [0.5, 0.6) is 11.5 Å². The van der Waals surface area contributed by atoms with Crippen LogP contribution in [-0.4, -0.2) is 11.8 Å². The molecule has 0 spiro atoms. The highest BCUT2D eigenvalue weighted by atomic mass is 16.5. The van der Waals surface area contributed by atoms with E-state index >= 15 is 0 Å². The molecule has 196 valence electrons. The van der Waals surface area contributed by atoms with Crippen molar-refractivity contribution in [2.24, 2.45) is 9.98 Å². The molecule has 4 aromatic carbocycles. The average Bonchev–Trinajstić information content (AvgIpc) is 2.97. The minimum Gasteiger partial charge on any atom is -0.436 e. The SMILES string of the molecule is CC#Cc1cc2c3c(c(C#CC)cc4c3c1OC(c1ccc(CCC)cc1)=N4)OC(c1ccc(CCC)cc1)=N2. The number of rotatable bonds is 6. The number of aryl methyl sites for hydroxylation is 2. The van der Waals surface area contributed by atoms with E-state index in [2.05, 4.69) is 86.1 Å². The fraction of sp³-hybridized carbons (Fsp3) is 0.222. The van der Waals surface area contributed by atoms with E-state index in [1.807, 2.05) is 26.0 Å². The number of aliphatic imine (C=N–C) groups is 2. The normalized spacial score (nSPS) is 12.7. The van der Waals surface area contributed by atoms with E-state index in [9.17, 15) is 0 Å². The van der Waals surface area contributed by atoms with Crippen molar-refractivity contribution in [2.75, 3.05) is 0 Å². The molecule has 2 aliphatic heterocycles. The van der Waals surface area contributed by atoms with Crippen molar-refractivity contribution in [3.8, 4) is 35.2 Å². The lowest BCUT2D eigenvalue weighted by Gasteiger charge is -2.25. The Morgan fingerprint density at radius 2 is 1.00 bits per heavy atom. The summed E-state index contributed by atoms with van der Waals surface area (Å²) >= 11 is 0. The van der Waals surface area contributed by atoms with Gasteiger partial charge >= 0.3 is 0 Å². The molecule has 0 bridgehead atoms. The molecule has 4 heteroatoms. The Labute approximate surface area is 235 Å². The Bertz CT molecular complexity index is 1680. The highest BCUT2D eigenvalue weighted by Crippen LogP contribution is 2.51. The zero-order valence-corrected chi connectivity index (χ0v) is 23.3. The number of ether oxygens (including phenoxy) is 2. The summed E-state index contributed by atoms with van der Waals surface area (Å²) in [5.74, 6) is 15.0. The molecule has 4 aromatic rings. The predicted molar refractivity (Wildman–Crippen MR) is 164 cm³/mol. The summed E-state index contributed by atoms with van der Waals surface area (Å²) in [6.07, 6.45) is 4.30. The summed E-state index contributed by atoms with van der Waals surface area (Å²) in [7, 11) is 0. The van der Waals surface area contributed by atoms with E-state index in [0.717, 1.165) is 70.1 Å². The van der Waals surface area contributed by atoms with Gasteiger partial charge in [0.05, 0.1) is 33.3 Å². The first-order valence-electron chi connectivity index (χ1n) is 13.9. The monoisotopic (exact) mass is 522 g/mol. The van der Waals surface area contributed by atoms with Gasteiger partial charge in [-0.1, -0.05) is 62.8 Å². The van der Waals surface area contributed by atoms with Crippen LogP contribution >= 0.6 is 0 Å². The van der Waals surface area contributed by atoms with E-state index in [-0.39, 0.29) is 0 Å². The molecule has 0 aromatic heterocycles. The Morgan fingerprint density at radius 3 is 1.35 bits per heavy atom. The lowest BCUT2D eigenvalue weighted by Crippen LogP contribution is -2.17. The number of hydrogen-bond donors (Lipinski definition) is 0. The van der Waals surface area contributed by atoms with E-state index in [0.29, 0.717) is 23.3 Å². The molecule has 0 atom stereocenters. The van der Waals surface area contributed by atoms with Crippen molar-refractivity contribution in [3.05, 3.63) is 94.0 Å². The smallest absolute Gasteiger partial charge is 0.227 e. The second kappa shape index (κ2) is 10.8. The fourth-order valence-electron chi connectivity index (χ4n) is 5.29. The summed E-state index contributed by atoms with van der Waals surface area (Å²) in [5.41, 5.74) is 7.52. The largest absolute Gasteiger partial charge is 0.436 e. The molecule has 0 aliphatic carbocycles. The van der Waals surface area contributed by atoms with Crippen LogP contribution < -0.4 is 9.47 Å². The zero-order chi connectivity index (χ0) is 27.6. The first-order valence-corrected chi connectivity index (χ1v) is 13.9. The Morgan fingerprint density at radius 1 is 0.600 bits per heavy atom. The van der Waals surface area contributed by atoms with Crippen LogP contribution in [0.25, 0.3) is 10.8 Å². The van der Waals surface area contributed by atoms with Crippen molar-refractivity contribution in [1.82, 2.24) is 0 Å². The van der Waals surface area contributed by atoms with Gasteiger partial charge in [0.2, 0.25) is 11.8 Å². The van der Waals surface area contributed by atoms with Gasteiger partial charge in [-0.2, -0.15) is 0 Å². The van der Waals surface area contributed by atoms with Gasteiger partial charge in [0.25, 0.3) is 0 Å². The van der Waals surface area contributed by atoms with E-state index in [1.165, 1.54) is 11.1 Å². The zero-order valence-electron chi connectivity index (χ0n) is 23.3. The fourth-order valence-corrected chi connectivity index (χ4v) is 5.29. The summed E-state index contributed by atoms with van der Waals surface area (Å²) in [6.45, 7) is 8.03. The summed E-state index contributed by atoms with van der Waals surface area (Å²) in [6, 6.07) is 20.8. The van der Waals surface area contributed by atoms with Gasteiger partial charge in [-0.15, -0.1) is 11.8 Å². The van der Waals surface area contributed by atoms with Crippen LogP contribution in [-0.2, 0) is 12.8 Å². The summed E-state index contributed by atoms with van der Waals surface area (Å²) in [5, 5.41) is 1.69. The number of nitrogens with zero attached hydrogens (tertiary/aromatic N) is 2. The lowest BCUT2D eigenvalue weighted by atomic mass is 9.96. The quantitative estimate of drug-likeness (QED) is 0.239. The Kier molecular flexibility index (Phi) is 6.85. The van der Waals surface area contributed by atoms with E-state index in [1.54, 1.807) is 0 Å². The van der Waals surface area contributed by atoms with Crippen molar-refractivity contribution >= 4 is 33.9 Å². The third kappa shape index (κ3) is 4.53. The molecule has 0 amide bonds. The van der Waals surface area contributed by atoms with Crippen molar-refractivity contribution in [1.29, 1.82) is 0 Å². The number of benzene rings is 4. The molecule has 4 nitrogen and oxygen atoms in total. The van der Waals surface area contributed by atoms with Gasteiger partial charge in [0.15, 0.2) is 11.5 Å². The van der Waals surface area contributed by atoms with Gasteiger partial charge in [-0.25, -0.2) is 9.98 Å². The molecular formula is C36H30N2O2. The molecule has 0 unspecified atom stereocenters. The molecule has 0 radical (unpaired) electrons. The summed E-state index contributed by atoms with van der Waals surface area (Å²) < 4.78 is 13.0. The van der Waals surface area contributed by atoms with Gasteiger partial charge < -0.3 is 9.47 Å². The Balaban J connectivity index is 1.55. The highest BCUT2D eigenvalue weighted by molar-refractivity contribution is 6.18. The van der Waals surface area contributed by atoms with Crippen LogP contribution in [0, 0.1) is 23.7 Å². The van der Waals surface area contributed by atoms with Gasteiger partial charge in [0.1, 0.15) is 0 Å². The molecule has 0 N–H and O–H groups in total. The van der Waals surface area contributed by atoms with Gasteiger partial charge in [0, 0.05) is 11.1 Å². The molecule has 0 fully saturated rings. The predicted octanol–water partition coefficient (Wildman–Crippen LogP) is 8.43. The van der Waals surface area contributed by atoms with Crippen molar-refractivity contribution < 1.29 is 9.47 Å². The van der Waals surface area contributed by atoms with Crippen LogP contribution in [0.2, 0.25) is 0 Å². The molecule has 0 saturated heterocycles. The minimum atomic E-state index is 0.543. The highest BCUT2D eigenvalue weighted by Gasteiger charge is 2.30. The molecule has 40 heavy (non-hydrogen) atoms. The molecule has 2 aliphatic rings. The molecule has 6 rings (SSSR count). The first-order chi connectivity index (χ1) is 19.6. The van der Waals surface area contributed by atoms with Crippen LogP contribution in [0.15, 0.2) is 70.6 Å². The molecular weight excluding hydrogens is 492 g/mol. The third-order valence-corrected chi connectivity index (χ3v) is 7.11. The average molecular weight is 523 g/mol. The van der Waals surface area contributed by atoms with E-state index in [4.69, 9.17) is 19.5 Å². The second-order valence-electron chi connectivity index (χ2n) is 9.98. The minimum absolute atomic E-state index is 0.543. The third-order valence-electron chi connectivity index (χ3n) is 7.11. The summed E-state index contributed by atoms with van der Waals surface area (Å²) in [4.78, 5) is 9.95. The maximum absolute atomic E-state index is 6.51. The first kappa shape index (κ1) is 25.5. The molecule has 2 heterocycles. The topological polar surface area (TPSA) is 43.2 Å². The molecule has 0 saturated carbocycles. The van der Waals surface area contributed by atoms with Gasteiger partial charge in [-0.05, 0) is 74.2 Å². The standard InChI is InChI=1S/C36H30N2O2/c1-5-9-23-13-17-25(18-14-23)35-37-29-21-28(12-8-4)34-32-30(22-27(11-7-3)33(39-35)31(29)32)38-36(40-34)26-19-15-24(10-6-2)16-20-26/h13-22H,5-6,9-10H2,1-4H3. The lowest BCUT2D eigenvalue weighted by molar-refractivity contribution is 0.545. The van der Waals surface area contributed by atoms with Crippen LogP contribution in [0.3, 0.4) is 0 Å². The maximum atomic E-state index is 6.51. The van der Waals surface area contributed by atoms with Crippen LogP contribution in [0.4, 0.5) is 11.4 Å². The van der Waals surface area contributed by atoms with Crippen LogP contribution in [0.1, 0.15) is 73.9 Å². The van der Waals surface area contributed by atoms with Crippen molar-refractivity contribution in [3.63, 3.8) is 0 Å². The number of hydrogen-bond acceptors (Lipinski definition) is 4. The van der Waals surface area contributed by atoms with E-state index < -0.39 is 0 Å². The van der Waals surface area contributed by atoms with Gasteiger partial charge in [-0.3, -0.25) is 0 Å². The second-order valence-corrected chi connectivity index (χ2v) is 9.98.